The Balaban J connectivity index is 0.000000461. The van der Waals surface area contributed by atoms with Crippen molar-refractivity contribution in [2.75, 3.05) is 24.2 Å². The van der Waals surface area contributed by atoms with E-state index in [-0.39, 0.29) is 0 Å². The van der Waals surface area contributed by atoms with Crippen LogP contribution in [-0.2, 0) is 6.42 Å². The van der Waals surface area contributed by atoms with Crippen molar-refractivity contribution < 1.29 is 0 Å². The second-order valence-corrected chi connectivity index (χ2v) is 2.98. The number of hydrogen-bond donors (Lipinski definition) is 2. The lowest BCUT2D eigenvalue weighted by atomic mass is 10.1. The van der Waals surface area contributed by atoms with Crippen molar-refractivity contribution in [3.63, 3.8) is 0 Å². The van der Waals surface area contributed by atoms with Crippen molar-refractivity contribution in [2.24, 2.45) is 0 Å². The Bertz CT molecular complexity index is 284. The fourth-order valence-corrected chi connectivity index (χ4v) is 1.47. The summed E-state index contributed by atoms with van der Waals surface area (Å²) in [4.78, 5) is 4.41. The topological polar surface area (TPSA) is 37.0 Å². The second kappa shape index (κ2) is 5.47. The van der Waals surface area contributed by atoms with Crippen molar-refractivity contribution in [1.29, 1.82) is 0 Å². The van der Waals surface area contributed by atoms with Crippen LogP contribution in [0.2, 0.25) is 0 Å². The lowest BCUT2D eigenvalue weighted by Gasteiger charge is -2.17. The summed E-state index contributed by atoms with van der Waals surface area (Å²) in [5.74, 6) is 1.98. The van der Waals surface area contributed by atoms with Gasteiger partial charge in [-0.05, 0) is 24.5 Å². The van der Waals surface area contributed by atoms with Crippen LogP contribution in [0, 0.1) is 0 Å². The molecule has 1 aromatic heterocycles. The number of nitrogens with one attached hydrogen (secondary N) is 2. The Morgan fingerprint density at radius 3 is 2.86 bits per heavy atom. The zero-order chi connectivity index (χ0) is 10.4. The molecule has 0 atom stereocenters. The fourth-order valence-electron chi connectivity index (χ4n) is 1.47. The van der Waals surface area contributed by atoms with Crippen molar-refractivity contribution in [2.45, 2.75) is 26.7 Å². The van der Waals surface area contributed by atoms with Gasteiger partial charge in [0.1, 0.15) is 11.6 Å². The van der Waals surface area contributed by atoms with E-state index in [1.165, 1.54) is 12.0 Å². The van der Waals surface area contributed by atoms with E-state index >= 15 is 0 Å². The van der Waals surface area contributed by atoms with E-state index in [0.29, 0.717) is 0 Å². The first-order valence-electron chi connectivity index (χ1n) is 5.32. The van der Waals surface area contributed by atoms with E-state index in [4.69, 9.17) is 0 Å². The van der Waals surface area contributed by atoms with Gasteiger partial charge in [-0.2, -0.15) is 0 Å². The molecule has 0 saturated carbocycles. The van der Waals surface area contributed by atoms with Gasteiger partial charge in [-0.3, -0.25) is 0 Å². The van der Waals surface area contributed by atoms with Gasteiger partial charge >= 0.3 is 0 Å². The maximum absolute atomic E-state index is 4.41. The molecular formula is C11H19N3. The normalized spacial score (nSPS) is 13.1. The standard InChI is InChI=1S/C9H13N3.C2H6/c1-10-8-5-4-7-3-2-6-11-9(7)12-8;1-2/h4-5H,2-3,6H2,1H3,(H2,10,11,12);1-2H3. The molecule has 0 aliphatic carbocycles. The number of rotatable bonds is 1. The van der Waals surface area contributed by atoms with Gasteiger partial charge in [-0.15, -0.1) is 0 Å². The number of hydrogen-bond acceptors (Lipinski definition) is 3. The molecule has 0 saturated heterocycles. The predicted molar refractivity (Wildman–Crippen MR) is 61.9 cm³/mol. The lowest BCUT2D eigenvalue weighted by molar-refractivity contribution is 0.818. The number of pyridine rings is 1. The van der Waals surface area contributed by atoms with Crippen LogP contribution in [-0.4, -0.2) is 18.6 Å². The molecule has 0 amide bonds. The van der Waals surface area contributed by atoms with Gasteiger partial charge in [0.05, 0.1) is 0 Å². The van der Waals surface area contributed by atoms with Gasteiger partial charge in [0.25, 0.3) is 0 Å². The van der Waals surface area contributed by atoms with E-state index in [0.717, 1.165) is 24.6 Å². The molecule has 1 aliphatic heterocycles. The minimum Gasteiger partial charge on any atom is -0.373 e. The average Bonchev–Trinajstić information content (AvgIpc) is 2.31. The third-order valence-electron chi connectivity index (χ3n) is 2.15. The number of nitrogens with zero attached hydrogens (tertiary/aromatic N) is 1. The minimum atomic E-state index is 0.933. The summed E-state index contributed by atoms with van der Waals surface area (Å²) >= 11 is 0. The van der Waals surface area contributed by atoms with Crippen LogP contribution >= 0.6 is 0 Å². The van der Waals surface area contributed by atoms with Gasteiger partial charge < -0.3 is 10.6 Å². The number of anilines is 2. The van der Waals surface area contributed by atoms with E-state index in [1.54, 1.807) is 0 Å². The first-order chi connectivity index (χ1) is 6.90. The van der Waals surface area contributed by atoms with E-state index in [2.05, 4.69) is 21.7 Å². The molecule has 3 nitrogen and oxygen atoms in total. The molecule has 1 aliphatic rings. The van der Waals surface area contributed by atoms with Crippen LogP contribution in [0.4, 0.5) is 11.6 Å². The van der Waals surface area contributed by atoms with Crippen LogP contribution in [0.15, 0.2) is 12.1 Å². The van der Waals surface area contributed by atoms with Crippen LogP contribution in [0.5, 0.6) is 0 Å². The number of aromatic nitrogens is 1. The monoisotopic (exact) mass is 193 g/mol. The van der Waals surface area contributed by atoms with Crippen molar-refractivity contribution >= 4 is 11.6 Å². The van der Waals surface area contributed by atoms with Crippen molar-refractivity contribution in [3.8, 4) is 0 Å². The highest BCUT2D eigenvalue weighted by Crippen LogP contribution is 2.20. The number of aryl methyl sites for hydroxylation is 1. The molecule has 14 heavy (non-hydrogen) atoms. The first-order valence-corrected chi connectivity index (χ1v) is 5.32. The highest BCUT2D eigenvalue weighted by molar-refractivity contribution is 5.52. The second-order valence-electron chi connectivity index (χ2n) is 2.98. The summed E-state index contributed by atoms with van der Waals surface area (Å²) in [6.45, 7) is 5.05. The van der Waals surface area contributed by atoms with E-state index < -0.39 is 0 Å². The first kappa shape index (κ1) is 10.8. The molecule has 0 bridgehead atoms. The molecule has 0 unspecified atom stereocenters. The maximum atomic E-state index is 4.41. The lowest BCUT2D eigenvalue weighted by Crippen LogP contribution is -2.13. The smallest absolute Gasteiger partial charge is 0.131 e. The fraction of sp³-hybridized carbons (Fsp3) is 0.545. The summed E-state index contributed by atoms with van der Waals surface area (Å²) in [5, 5.41) is 6.31. The Morgan fingerprint density at radius 1 is 1.36 bits per heavy atom. The third-order valence-corrected chi connectivity index (χ3v) is 2.15. The third kappa shape index (κ3) is 2.37. The molecule has 3 heteroatoms. The van der Waals surface area contributed by atoms with E-state index in [1.807, 2.05) is 27.0 Å². The molecule has 1 aromatic rings. The Hall–Kier alpha value is -1.25. The predicted octanol–water partition coefficient (Wildman–Crippen LogP) is 2.51. The summed E-state index contributed by atoms with van der Waals surface area (Å²) in [7, 11) is 1.89. The summed E-state index contributed by atoms with van der Waals surface area (Å²) in [6, 6.07) is 4.16. The molecule has 78 valence electrons. The van der Waals surface area contributed by atoms with Gasteiger partial charge in [-0.1, -0.05) is 19.9 Å². The summed E-state index contributed by atoms with van der Waals surface area (Å²) in [5.41, 5.74) is 1.33. The summed E-state index contributed by atoms with van der Waals surface area (Å²) < 4.78 is 0. The van der Waals surface area contributed by atoms with Gasteiger partial charge in [0, 0.05) is 13.6 Å². The van der Waals surface area contributed by atoms with Crippen LogP contribution in [0.3, 0.4) is 0 Å². The quantitative estimate of drug-likeness (QED) is 0.719. The molecule has 2 N–H and O–H groups in total. The maximum Gasteiger partial charge on any atom is 0.131 e. The summed E-state index contributed by atoms with van der Waals surface area (Å²) in [6.07, 6.45) is 2.37. The molecule has 0 fully saturated rings. The van der Waals surface area contributed by atoms with Crippen LogP contribution in [0.1, 0.15) is 25.8 Å². The van der Waals surface area contributed by atoms with Gasteiger partial charge in [-0.25, -0.2) is 4.98 Å². The molecule has 2 heterocycles. The zero-order valence-electron chi connectivity index (χ0n) is 9.22. The molecule has 2 rings (SSSR count). The molecular weight excluding hydrogens is 174 g/mol. The van der Waals surface area contributed by atoms with Crippen LogP contribution in [0.25, 0.3) is 0 Å². The molecule has 0 spiro atoms. The van der Waals surface area contributed by atoms with Gasteiger partial charge in [0.2, 0.25) is 0 Å². The number of fused-ring (bicyclic) bond motifs is 1. The zero-order valence-corrected chi connectivity index (χ0v) is 9.22. The Kier molecular flexibility index (Phi) is 4.23. The Morgan fingerprint density at radius 2 is 2.14 bits per heavy atom. The largest absolute Gasteiger partial charge is 0.373 e. The highest BCUT2D eigenvalue weighted by atomic mass is 15.1. The molecule has 0 aromatic carbocycles. The Labute approximate surface area is 85.9 Å². The molecule has 0 radical (unpaired) electrons. The van der Waals surface area contributed by atoms with Gasteiger partial charge in [0.15, 0.2) is 0 Å². The SMILES string of the molecule is CC.CNc1ccc2c(n1)NCCC2. The average molecular weight is 193 g/mol. The van der Waals surface area contributed by atoms with Crippen LogP contribution < -0.4 is 10.6 Å². The van der Waals surface area contributed by atoms with Crippen molar-refractivity contribution in [1.82, 2.24) is 4.98 Å². The van der Waals surface area contributed by atoms with Crippen molar-refractivity contribution in [3.05, 3.63) is 17.7 Å². The highest BCUT2D eigenvalue weighted by Gasteiger charge is 2.08. The van der Waals surface area contributed by atoms with E-state index in [9.17, 15) is 0 Å². The minimum absolute atomic E-state index is 0.933.